The Balaban J connectivity index is 2.85. The zero-order valence-electron chi connectivity index (χ0n) is 9.54. The summed E-state index contributed by atoms with van der Waals surface area (Å²) in [7, 11) is 0. The smallest absolute Gasteiger partial charge is 0.126 e. The van der Waals surface area contributed by atoms with Crippen LogP contribution in [-0.2, 0) is 0 Å². The van der Waals surface area contributed by atoms with Crippen LogP contribution in [0.25, 0.3) is 0 Å². The van der Waals surface area contributed by atoms with Gasteiger partial charge < -0.3 is 9.84 Å². The van der Waals surface area contributed by atoms with Crippen LogP contribution in [0, 0.1) is 12.7 Å². The van der Waals surface area contributed by atoms with Gasteiger partial charge in [0, 0.05) is 6.07 Å². The number of halogens is 1. The first-order chi connectivity index (χ1) is 6.80. The van der Waals surface area contributed by atoms with Crippen LogP contribution in [0.2, 0.25) is 0 Å². The van der Waals surface area contributed by atoms with Crippen molar-refractivity contribution in [3.63, 3.8) is 0 Å². The standard InChI is InChI=1S/C12H17FO2/c1-8-5-6-10(13)7-11(8)15-9(2)12(3,4)14/h5-7,9,14H,1-4H3. The van der Waals surface area contributed by atoms with Crippen LogP contribution < -0.4 is 4.74 Å². The monoisotopic (exact) mass is 212 g/mol. The van der Waals surface area contributed by atoms with Crippen molar-refractivity contribution in [1.29, 1.82) is 0 Å². The second-order valence-corrected chi connectivity index (χ2v) is 4.32. The SMILES string of the molecule is Cc1ccc(F)cc1OC(C)C(C)(C)O. The van der Waals surface area contributed by atoms with E-state index in [0.717, 1.165) is 5.56 Å². The lowest BCUT2D eigenvalue weighted by atomic mass is 10.0. The zero-order chi connectivity index (χ0) is 11.6. The molecule has 0 spiro atoms. The van der Waals surface area contributed by atoms with E-state index in [4.69, 9.17) is 4.74 Å². The summed E-state index contributed by atoms with van der Waals surface area (Å²) in [5.74, 6) is 0.142. The van der Waals surface area contributed by atoms with Crippen molar-refractivity contribution in [2.45, 2.75) is 39.4 Å². The van der Waals surface area contributed by atoms with Gasteiger partial charge in [-0.1, -0.05) is 6.07 Å². The number of benzene rings is 1. The molecule has 0 aliphatic rings. The normalized spacial score (nSPS) is 13.7. The first-order valence-electron chi connectivity index (χ1n) is 4.96. The number of ether oxygens (including phenoxy) is 1. The molecule has 0 bridgehead atoms. The van der Waals surface area contributed by atoms with Gasteiger partial charge in [-0.05, 0) is 39.3 Å². The maximum absolute atomic E-state index is 13.0. The topological polar surface area (TPSA) is 29.5 Å². The van der Waals surface area contributed by atoms with Gasteiger partial charge >= 0.3 is 0 Å². The molecular weight excluding hydrogens is 195 g/mol. The average molecular weight is 212 g/mol. The fourth-order valence-electron chi connectivity index (χ4n) is 1.04. The van der Waals surface area contributed by atoms with Crippen molar-refractivity contribution >= 4 is 0 Å². The van der Waals surface area contributed by atoms with Gasteiger partial charge in [-0.25, -0.2) is 4.39 Å². The van der Waals surface area contributed by atoms with Crippen LogP contribution in [0.5, 0.6) is 5.75 Å². The summed E-state index contributed by atoms with van der Waals surface area (Å²) in [4.78, 5) is 0. The van der Waals surface area contributed by atoms with Gasteiger partial charge in [0.05, 0.1) is 5.60 Å². The fourth-order valence-corrected chi connectivity index (χ4v) is 1.04. The summed E-state index contributed by atoms with van der Waals surface area (Å²) in [6.45, 7) is 6.91. The van der Waals surface area contributed by atoms with E-state index < -0.39 is 11.7 Å². The van der Waals surface area contributed by atoms with E-state index >= 15 is 0 Å². The largest absolute Gasteiger partial charge is 0.487 e. The van der Waals surface area contributed by atoms with Crippen molar-refractivity contribution < 1.29 is 14.2 Å². The number of hydrogen-bond donors (Lipinski definition) is 1. The number of aryl methyl sites for hydroxylation is 1. The first-order valence-corrected chi connectivity index (χ1v) is 4.96. The van der Waals surface area contributed by atoms with Gasteiger partial charge in [0.25, 0.3) is 0 Å². The van der Waals surface area contributed by atoms with Crippen molar-refractivity contribution in [3.8, 4) is 5.75 Å². The molecule has 1 atom stereocenters. The van der Waals surface area contributed by atoms with E-state index in [-0.39, 0.29) is 5.82 Å². The highest BCUT2D eigenvalue weighted by Gasteiger charge is 2.24. The fraction of sp³-hybridized carbons (Fsp3) is 0.500. The molecule has 84 valence electrons. The minimum atomic E-state index is -0.946. The predicted octanol–water partition coefficient (Wildman–Crippen LogP) is 2.67. The molecule has 0 heterocycles. The zero-order valence-corrected chi connectivity index (χ0v) is 9.54. The molecule has 1 unspecified atom stereocenters. The van der Waals surface area contributed by atoms with Gasteiger partial charge in [-0.15, -0.1) is 0 Å². The second kappa shape index (κ2) is 4.19. The van der Waals surface area contributed by atoms with E-state index in [1.54, 1.807) is 26.8 Å². The molecule has 15 heavy (non-hydrogen) atoms. The van der Waals surface area contributed by atoms with Gasteiger partial charge in [0.15, 0.2) is 0 Å². The Hall–Kier alpha value is -1.09. The van der Waals surface area contributed by atoms with E-state index in [2.05, 4.69) is 0 Å². The molecule has 0 saturated heterocycles. The third kappa shape index (κ3) is 3.20. The summed E-state index contributed by atoms with van der Waals surface area (Å²) < 4.78 is 18.5. The second-order valence-electron chi connectivity index (χ2n) is 4.32. The Morgan fingerprint density at radius 2 is 2.00 bits per heavy atom. The minimum absolute atomic E-state index is 0.335. The summed E-state index contributed by atoms with van der Waals surface area (Å²) >= 11 is 0. The van der Waals surface area contributed by atoms with Crippen molar-refractivity contribution in [1.82, 2.24) is 0 Å². The molecule has 3 heteroatoms. The van der Waals surface area contributed by atoms with Crippen LogP contribution >= 0.6 is 0 Å². The molecule has 0 radical (unpaired) electrons. The highest BCUT2D eigenvalue weighted by atomic mass is 19.1. The molecule has 2 nitrogen and oxygen atoms in total. The lowest BCUT2D eigenvalue weighted by Crippen LogP contribution is -2.38. The number of aliphatic hydroxyl groups is 1. The number of rotatable bonds is 3. The molecule has 0 aliphatic heterocycles. The third-order valence-corrected chi connectivity index (χ3v) is 2.45. The summed E-state index contributed by atoms with van der Waals surface area (Å²) in [6, 6.07) is 4.37. The lowest BCUT2D eigenvalue weighted by molar-refractivity contribution is -0.0245. The molecule has 1 rings (SSSR count). The Bertz CT molecular complexity index is 342. The predicted molar refractivity (Wildman–Crippen MR) is 57.5 cm³/mol. The van der Waals surface area contributed by atoms with Crippen molar-refractivity contribution in [2.75, 3.05) is 0 Å². The van der Waals surface area contributed by atoms with E-state index in [1.807, 2.05) is 6.92 Å². The molecule has 1 N–H and O–H groups in total. The minimum Gasteiger partial charge on any atom is -0.487 e. The van der Waals surface area contributed by atoms with E-state index in [1.165, 1.54) is 12.1 Å². The van der Waals surface area contributed by atoms with E-state index in [0.29, 0.717) is 5.75 Å². The Morgan fingerprint density at radius 3 is 2.53 bits per heavy atom. The van der Waals surface area contributed by atoms with Crippen LogP contribution in [0.15, 0.2) is 18.2 Å². The van der Waals surface area contributed by atoms with Gasteiger partial charge in [0.2, 0.25) is 0 Å². The Morgan fingerprint density at radius 1 is 1.40 bits per heavy atom. The van der Waals surface area contributed by atoms with Crippen LogP contribution in [-0.4, -0.2) is 16.8 Å². The maximum atomic E-state index is 13.0. The maximum Gasteiger partial charge on any atom is 0.126 e. The summed E-state index contributed by atoms with van der Waals surface area (Å²) in [5, 5.41) is 9.69. The third-order valence-electron chi connectivity index (χ3n) is 2.45. The van der Waals surface area contributed by atoms with Gasteiger partial charge in [-0.3, -0.25) is 0 Å². The molecular formula is C12H17FO2. The highest BCUT2D eigenvalue weighted by Crippen LogP contribution is 2.23. The molecule has 0 fully saturated rings. The van der Waals surface area contributed by atoms with Crippen molar-refractivity contribution in [2.24, 2.45) is 0 Å². The van der Waals surface area contributed by atoms with Crippen LogP contribution in [0.1, 0.15) is 26.3 Å². The molecule has 0 aromatic heterocycles. The molecule has 1 aromatic rings. The molecule has 0 saturated carbocycles. The summed E-state index contributed by atoms with van der Waals surface area (Å²) in [5.41, 5.74) is -0.0915. The van der Waals surface area contributed by atoms with Gasteiger partial charge in [-0.2, -0.15) is 0 Å². The van der Waals surface area contributed by atoms with Gasteiger partial charge in [0.1, 0.15) is 17.7 Å². The van der Waals surface area contributed by atoms with E-state index in [9.17, 15) is 9.50 Å². The van der Waals surface area contributed by atoms with Crippen LogP contribution in [0.3, 0.4) is 0 Å². The molecule has 0 aliphatic carbocycles. The quantitative estimate of drug-likeness (QED) is 0.834. The first kappa shape index (κ1) is 12.0. The van der Waals surface area contributed by atoms with Crippen molar-refractivity contribution in [3.05, 3.63) is 29.6 Å². The van der Waals surface area contributed by atoms with Crippen LogP contribution in [0.4, 0.5) is 4.39 Å². The Kier molecular flexibility index (Phi) is 3.35. The summed E-state index contributed by atoms with van der Waals surface area (Å²) in [6.07, 6.45) is -0.391. The highest BCUT2D eigenvalue weighted by molar-refractivity contribution is 5.32. The molecule has 1 aromatic carbocycles. The average Bonchev–Trinajstić information content (AvgIpc) is 2.09. The lowest BCUT2D eigenvalue weighted by Gasteiger charge is -2.27. The molecule has 0 amide bonds. The number of hydrogen-bond acceptors (Lipinski definition) is 2. The Labute approximate surface area is 89.7 Å².